The minimum atomic E-state index is -0.874. The van der Waals surface area contributed by atoms with Crippen LogP contribution in [-0.4, -0.2) is 45.5 Å². The van der Waals surface area contributed by atoms with Crippen molar-refractivity contribution in [2.24, 2.45) is 10.9 Å². The van der Waals surface area contributed by atoms with Crippen molar-refractivity contribution < 1.29 is 14.3 Å². The van der Waals surface area contributed by atoms with Crippen LogP contribution >= 0.6 is 23.4 Å². The van der Waals surface area contributed by atoms with E-state index < -0.39 is 18.1 Å². The zero-order valence-corrected chi connectivity index (χ0v) is 27.0. The number of nitrogen functional groups attached to an aromatic ring is 1. The number of ether oxygens (including phenoxy) is 1. The summed E-state index contributed by atoms with van der Waals surface area (Å²) in [6.07, 6.45) is -0.794. The van der Waals surface area contributed by atoms with Gasteiger partial charge in [-0.05, 0) is 61.7 Å². The molecule has 3 aromatic carbocycles. The van der Waals surface area contributed by atoms with Crippen molar-refractivity contribution in [1.82, 2.24) is 4.90 Å². The number of carbonyl (C=O) groups is 2. The maximum Gasteiger partial charge on any atom is 0.309 e. The van der Waals surface area contributed by atoms with E-state index in [0.717, 1.165) is 16.2 Å². The first-order valence-electron chi connectivity index (χ1n) is 14.6. The molecule has 45 heavy (non-hydrogen) atoms. The lowest BCUT2D eigenvalue weighted by Crippen LogP contribution is -2.39. The monoisotopic (exact) mass is 642 g/mol. The van der Waals surface area contributed by atoms with Crippen molar-refractivity contribution >= 4 is 64.0 Å². The zero-order valence-electron chi connectivity index (χ0n) is 25.4. The summed E-state index contributed by atoms with van der Waals surface area (Å²) in [6, 6.07) is 20.3. The van der Waals surface area contributed by atoms with Crippen molar-refractivity contribution in [2.75, 3.05) is 11.1 Å². The molecule has 232 valence electrons. The Morgan fingerprint density at radius 1 is 1.09 bits per heavy atom. The lowest BCUT2D eigenvalue weighted by molar-refractivity contribution is -0.148. The van der Waals surface area contributed by atoms with Gasteiger partial charge >= 0.3 is 5.97 Å². The summed E-state index contributed by atoms with van der Waals surface area (Å²) in [5.74, 6) is -0.503. The number of rotatable bonds is 7. The van der Waals surface area contributed by atoms with Gasteiger partial charge in [-0.1, -0.05) is 61.8 Å². The number of para-hydroxylation sites is 2. The molecule has 9 nitrogen and oxygen atoms in total. The Kier molecular flexibility index (Phi) is 9.45. The van der Waals surface area contributed by atoms with Crippen LogP contribution in [0.25, 0.3) is 0 Å². The van der Waals surface area contributed by atoms with E-state index in [9.17, 15) is 9.59 Å². The summed E-state index contributed by atoms with van der Waals surface area (Å²) in [7, 11) is 0. The van der Waals surface area contributed by atoms with E-state index in [4.69, 9.17) is 37.9 Å². The van der Waals surface area contributed by atoms with Gasteiger partial charge in [-0.3, -0.25) is 30.3 Å². The first-order chi connectivity index (χ1) is 21.4. The van der Waals surface area contributed by atoms with Gasteiger partial charge in [-0.25, -0.2) is 0 Å². The predicted octanol–water partition coefficient (Wildman–Crippen LogP) is 7.30. The molecule has 0 fully saturated rings. The standard InChI is InChI=1S/C34H35ClN6O3S/c1-18-20(3)45-34-30(18)31(23-13-15-25(35)16-14-23)39-28(32(38)41(34)21(4)36)17-29(42)44-19(2)22-9-11-24(12-10-22)33(43)40-27-8-6-5-7-26(27)37/h5-16,18-20,28,36,38H,17,37H2,1-4H3,(H,40,43). The number of benzene rings is 3. The van der Waals surface area contributed by atoms with E-state index in [2.05, 4.69) is 19.2 Å². The first-order valence-corrected chi connectivity index (χ1v) is 15.8. The molecule has 5 N–H and O–H groups in total. The van der Waals surface area contributed by atoms with E-state index in [1.807, 2.05) is 12.1 Å². The molecular weight excluding hydrogens is 608 g/mol. The second kappa shape index (κ2) is 13.3. The largest absolute Gasteiger partial charge is 0.458 e. The Labute approximate surface area is 271 Å². The van der Waals surface area contributed by atoms with Crippen molar-refractivity contribution in [2.45, 2.75) is 51.5 Å². The fourth-order valence-electron chi connectivity index (χ4n) is 5.30. The van der Waals surface area contributed by atoms with Crippen LogP contribution in [0.3, 0.4) is 0 Å². The van der Waals surface area contributed by atoms with E-state index in [1.54, 1.807) is 91.2 Å². The normalized spacial score (nSPS) is 20.2. The summed E-state index contributed by atoms with van der Waals surface area (Å²) >= 11 is 7.79. The number of hydrogen-bond acceptors (Lipinski definition) is 8. The number of esters is 1. The quantitative estimate of drug-likeness (QED) is 0.0921. The van der Waals surface area contributed by atoms with Crippen LogP contribution in [0.15, 0.2) is 88.4 Å². The summed E-state index contributed by atoms with van der Waals surface area (Å²) in [6.45, 7) is 7.63. The third kappa shape index (κ3) is 6.82. The number of hydrogen-bond donors (Lipinski definition) is 4. The number of nitrogens with one attached hydrogen (secondary N) is 3. The van der Waals surface area contributed by atoms with Gasteiger partial charge < -0.3 is 15.8 Å². The van der Waals surface area contributed by atoms with Gasteiger partial charge in [0.25, 0.3) is 5.91 Å². The lowest BCUT2D eigenvalue weighted by atomic mass is 9.91. The number of nitrogens with two attached hydrogens (primary N) is 1. The molecule has 0 saturated carbocycles. The number of carbonyl (C=O) groups excluding carboxylic acids is 2. The molecule has 1 amide bonds. The highest BCUT2D eigenvalue weighted by atomic mass is 35.5. The molecule has 2 aliphatic rings. The number of halogens is 1. The molecule has 4 atom stereocenters. The third-order valence-corrected chi connectivity index (χ3v) is 9.62. The molecule has 5 rings (SSSR count). The van der Waals surface area contributed by atoms with Crippen molar-refractivity contribution in [3.05, 3.63) is 105 Å². The van der Waals surface area contributed by atoms with E-state index in [1.165, 1.54) is 0 Å². The molecule has 0 spiro atoms. The predicted molar refractivity (Wildman–Crippen MR) is 182 cm³/mol. The molecular formula is C34H35ClN6O3S. The lowest BCUT2D eigenvalue weighted by Gasteiger charge is -2.27. The van der Waals surface area contributed by atoms with Crippen LogP contribution in [0.4, 0.5) is 11.4 Å². The number of aliphatic imine (C=N–C) groups is 1. The fourth-order valence-corrected chi connectivity index (χ4v) is 6.87. The van der Waals surface area contributed by atoms with Crippen LogP contribution in [-0.2, 0) is 9.53 Å². The third-order valence-electron chi connectivity index (χ3n) is 7.96. The van der Waals surface area contributed by atoms with Crippen LogP contribution in [0.2, 0.25) is 5.02 Å². The van der Waals surface area contributed by atoms with Gasteiger partial charge in [0.05, 0.1) is 28.5 Å². The van der Waals surface area contributed by atoms with Gasteiger partial charge in [-0.2, -0.15) is 0 Å². The molecule has 3 aromatic rings. The van der Waals surface area contributed by atoms with Gasteiger partial charge in [0.15, 0.2) is 0 Å². The van der Waals surface area contributed by atoms with Crippen molar-refractivity contribution in [3.63, 3.8) is 0 Å². The SMILES string of the molecule is CC(=N)N1C(=N)C(CC(=O)OC(C)c2ccc(C(=O)Nc3ccccc3N)cc2)N=C(c2ccc(Cl)cc2)C2=C1SC(C)C2C. The maximum atomic E-state index is 13.3. The Hall–Kier alpha value is -4.41. The van der Waals surface area contributed by atoms with Gasteiger partial charge in [-0.15, -0.1) is 11.8 Å². The highest BCUT2D eigenvalue weighted by molar-refractivity contribution is 8.04. The average molecular weight is 643 g/mol. The topological polar surface area (TPSA) is 145 Å². The number of nitrogens with zero attached hydrogens (tertiary/aromatic N) is 2. The average Bonchev–Trinajstić information content (AvgIpc) is 3.22. The smallest absolute Gasteiger partial charge is 0.309 e. The van der Waals surface area contributed by atoms with Gasteiger partial charge in [0, 0.05) is 27.0 Å². The fraction of sp³-hybridized carbons (Fsp3) is 0.265. The zero-order chi connectivity index (χ0) is 32.4. The molecule has 0 saturated heterocycles. The number of amides is 1. The maximum absolute atomic E-state index is 13.3. The summed E-state index contributed by atoms with van der Waals surface area (Å²) in [5.41, 5.74) is 10.5. The van der Waals surface area contributed by atoms with Gasteiger partial charge in [0.2, 0.25) is 0 Å². The molecule has 11 heteroatoms. The van der Waals surface area contributed by atoms with Crippen molar-refractivity contribution in [3.8, 4) is 0 Å². The number of amidine groups is 2. The second-order valence-electron chi connectivity index (χ2n) is 11.1. The minimum absolute atomic E-state index is 0.0479. The van der Waals surface area contributed by atoms with Crippen LogP contribution in [0, 0.1) is 16.7 Å². The summed E-state index contributed by atoms with van der Waals surface area (Å²) in [5, 5.41) is 22.0. The van der Waals surface area contributed by atoms with E-state index in [-0.39, 0.29) is 35.2 Å². The van der Waals surface area contributed by atoms with E-state index in [0.29, 0.717) is 33.2 Å². The number of thioether (sulfide) groups is 1. The number of allylic oxidation sites excluding steroid dienone is 1. The molecule has 0 bridgehead atoms. The Morgan fingerprint density at radius 2 is 1.76 bits per heavy atom. The Bertz CT molecular complexity index is 1720. The van der Waals surface area contributed by atoms with E-state index >= 15 is 0 Å². The molecule has 4 unspecified atom stereocenters. The van der Waals surface area contributed by atoms with Gasteiger partial charge in [0.1, 0.15) is 23.8 Å². The summed E-state index contributed by atoms with van der Waals surface area (Å²) < 4.78 is 5.79. The molecule has 0 aromatic heterocycles. The van der Waals surface area contributed by atoms with Crippen LogP contribution in [0.5, 0.6) is 0 Å². The molecule has 0 radical (unpaired) electrons. The van der Waals surface area contributed by atoms with Crippen LogP contribution in [0.1, 0.15) is 61.7 Å². The highest BCUT2D eigenvalue weighted by Crippen LogP contribution is 2.46. The molecule has 2 aliphatic heterocycles. The second-order valence-corrected chi connectivity index (χ2v) is 12.9. The Balaban J connectivity index is 1.35. The minimum Gasteiger partial charge on any atom is -0.458 e. The highest BCUT2D eigenvalue weighted by Gasteiger charge is 2.41. The summed E-state index contributed by atoms with van der Waals surface area (Å²) in [4.78, 5) is 32.6. The number of anilines is 2. The van der Waals surface area contributed by atoms with Crippen LogP contribution < -0.4 is 11.1 Å². The van der Waals surface area contributed by atoms with Crippen molar-refractivity contribution in [1.29, 1.82) is 10.8 Å². The Morgan fingerprint density at radius 3 is 2.40 bits per heavy atom. The molecule has 0 aliphatic carbocycles. The first kappa shape index (κ1) is 32.0. The molecule has 2 heterocycles.